The van der Waals surface area contributed by atoms with Crippen LogP contribution in [0.3, 0.4) is 0 Å². The van der Waals surface area contributed by atoms with Crippen LogP contribution in [0, 0.1) is 13.8 Å². The van der Waals surface area contributed by atoms with Crippen molar-refractivity contribution in [2.45, 2.75) is 89.4 Å². The molecule has 4 unspecified atom stereocenters. The molecular weight excluding hydrogens is 1160 g/mol. The molecule has 0 N–H and O–H groups in total. The van der Waals surface area contributed by atoms with E-state index in [4.69, 9.17) is 0 Å². The Hall–Kier alpha value is -8.16. The molecule has 432 valence electrons. The molecule has 0 radical (unpaired) electrons. The molecule has 0 nitrogen and oxygen atoms in total. The Labute approximate surface area is 529 Å². The van der Waals surface area contributed by atoms with E-state index in [1.165, 1.54) is 193 Å². The monoisotopic (exact) mass is 1220 g/mol. The second-order valence-electron chi connectivity index (χ2n) is 26.7. The lowest BCUT2D eigenvalue weighted by Crippen LogP contribution is -1.97. The van der Waals surface area contributed by atoms with Gasteiger partial charge in [-0.05, 0) is 266 Å². The number of aryl methyl sites for hydroxylation is 2. The van der Waals surface area contributed by atoms with Crippen molar-refractivity contribution in [1.29, 1.82) is 0 Å². The zero-order valence-electron chi connectivity index (χ0n) is 51.1. The van der Waals surface area contributed by atoms with E-state index in [0.717, 1.165) is 11.3 Å². The quantitative estimate of drug-likeness (QED) is 0.154. The highest BCUT2D eigenvalue weighted by Crippen LogP contribution is 2.66. The van der Waals surface area contributed by atoms with Gasteiger partial charge in [-0.25, -0.2) is 0 Å². The summed E-state index contributed by atoms with van der Waals surface area (Å²) in [6.45, 7) is 4.38. The molecule has 2 aliphatic rings. The van der Waals surface area contributed by atoms with Crippen LogP contribution in [0.15, 0.2) is 243 Å². The van der Waals surface area contributed by atoms with Crippen LogP contribution in [0.5, 0.6) is 0 Å². The summed E-state index contributed by atoms with van der Waals surface area (Å²) in [4.78, 5) is 0. The molecule has 4 heterocycles. The third-order valence-corrected chi connectivity index (χ3v) is 32.3. The first kappa shape index (κ1) is 53.7. The molecule has 90 heavy (non-hydrogen) atoms. The Bertz CT molecular complexity index is 5620. The van der Waals surface area contributed by atoms with Crippen LogP contribution in [0.4, 0.5) is 0 Å². The first-order valence-corrected chi connectivity index (χ1v) is 38.6. The van der Waals surface area contributed by atoms with E-state index in [1.54, 1.807) is 42.0 Å². The molecule has 4 heteroatoms. The van der Waals surface area contributed by atoms with Crippen LogP contribution in [0.25, 0.3) is 159 Å². The molecule has 2 aliphatic carbocycles. The van der Waals surface area contributed by atoms with Gasteiger partial charge in [0, 0.05) is 40.9 Å². The molecule has 0 spiro atoms. The minimum absolute atomic E-state index is 0.320. The van der Waals surface area contributed by atoms with Crippen LogP contribution < -0.4 is 0 Å². The molecule has 4 aromatic heterocycles. The van der Waals surface area contributed by atoms with Gasteiger partial charge < -0.3 is 0 Å². The number of benzene rings is 14. The Morgan fingerprint density at radius 3 is 0.811 bits per heavy atom. The first-order chi connectivity index (χ1) is 44.4. The topological polar surface area (TPSA) is 0 Å². The first-order valence-electron chi connectivity index (χ1n) is 33.1. The lowest BCUT2D eigenvalue weighted by molar-refractivity contribution is 0.489. The van der Waals surface area contributed by atoms with Gasteiger partial charge in [0.2, 0.25) is 0 Å². The van der Waals surface area contributed by atoms with E-state index < -0.39 is 15.1 Å². The Balaban J connectivity index is 0.000000133. The van der Waals surface area contributed by atoms with Crippen LogP contribution in [-0.2, 0) is 0 Å². The van der Waals surface area contributed by atoms with Gasteiger partial charge >= 0.3 is 0 Å². The summed E-state index contributed by atoms with van der Waals surface area (Å²) in [5.74, 6) is 0. The zero-order chi connectivity index (χ0) is 59.3. The van der Waals surface area contributed by atoms with Gasteiger partial charge in [-0.2, -0.15) is 0 Å². The fraction of sp³-hybridized carbons (Fsp3) is 0.163. The van der Waals surface area contributed by atoms with Crippen molar-refractivity contribution in [2.75, 3.05) is 0 Å². The number of rotatable bonds is 4. The van der Waals surface area contributed by atoms with Crippen LogP contribution in [0.2, 0.25) is 0 Å². The van der Waals surface area contributed by atoms with Crippen molar-refractivity contribution < 1.29 is 0 Å². The van der Waals surface area contributed by atoms with Crippen LogP contribution in [-0.4, -0.2) is 0 Å². The van der Waals surface area contributed by atoms with Crippen molar-refractivity contribution in [3.63, 3.8) is 0 Å². The van der Waals surface area contributed by atoms with Gasteiger partial charge in [0.25, 0.3) is 0 Å². The lowest BCUT2D eigenvalue weighted by Gasteiger charge is -2.23. The summed E-state index contributed by atoms with van der Waals surface area (Å²) in [7, 11) is -2.08. The van der Waals surface area contributed by atoms with Crippen molar-refractivity contribution in [1.82, 2.24) is 0 Å². The fourth-order valence-electron chi connectivity index (χ4n) is 16.8. The average molecular weight is 1230 g/mol. The Kier molecular flexibility index (Phi) is 12.6. The maximum Gasteiger partial charge on any atom is 0.00751 e. The molecule has 2 fully saturated rings. The van der Waals surface area contributed by atoms with Gasteiger partial charge in [0.05, 0.1) is 0 Å². The molecular formula is C86H68P4. The van der Waals surface area contributed by atoms with Gasteiger partial charge in [0.1, 0.15) is 0 Å². The summed E-state index contributed by atoms with van der Waals surface area (Å²) in [5, 5.41) is 43.6. The van der Waals surface area contributed by atoms with Crippen molar-refractivity contribution >= 4 is 179 Å². The Morgan fingerprint density at radius 2 is 0.456 bits per heavy atom. The minimum atomic E-state index is -0.720. The van der Waals surface area contributed by atoms with E-state index in [2.05, 4.69) is 257 Å². The Morgan fingerprint density at radius 1 is 0.222 bits per heavy atom. The number of hydrogen-bond donors (Lipinski definition) is 0. The summed E-state index contributed by atoms with van der Waals surface area (Å²) in [6, 6.07) is 94.9. The molecule has 18 aromatic rings. The average Bonchev–Trinajstić information content (AvgIpc) is 1.58. The summed E-state index contributed by atoms with van der Waals surface area (Å²) in [5.41, 5.74) is 4.28. The minimum Gasteiger partial charge on any atom is -0.105 e. The predicted octanol–water partition coefficient (Wildman–Crippen LogP) is 29.1. The standard InChI is InChI=1S/C48H32P2.C38H36P2/c1-29-11-15-39(16-12-29)49-45-25-37-21-33-9-5-3-7-31(33)19-35(37)23-41(45)43-28-48-44(27-47(43)49)42-24-36-20-32-8-4-6-10-34(32)22-38(36)26-46(42)50(48)40-17-13-30(2)14-18-40;1-3-15-29(16-4-1)39-35-21-27-13-9-7-11-25(27)19-31(35)33-24-38-34(23-37(33)39)32-20-26-12-8-10-14-28(26)22-36(32)40(38)30-17-5-2-6-18-30/h3-28H,1-2H3;7-14,19-24,29-30H,1-6,15-18H2. The van der Waals surface area contributed by atoms with Crippen molar-refractivity contribution in [2.24, 2.45) is 0 Å². The number of hydrogen-bond acceptors (Lipinski definition) is 0. The maximum absolute atomic E-state index is 2.74. The van der Waals surface area contributed by atoms with E-state index in [9.17, 15) is 0 Å². The molecule has 0 bridgehead atoms. The largest absolute Gasteiger partial charge is 0.105 e. The highest BCUT2D eigenvalue weighted by Gasteiger charge is 2.28. The van der Waals surface area contributed by atoms with E-state index in [1.807, 2.05) is 0 Å². The molecule has 0 amide bonds. The van der Waals surface area contributed by atoms with Gasteiger partial charge in [-0.15, -0.1) is 15.1 Å². The SMILES string of the molecule is Cc1ccc(-p2c3cc4cc5ccccc5cc4cc3c3cc4c(cc32)c2cc3cc5ccccc5cc3cc2p4-c2ccc(C)cc2)cc1.c1ccc2cc3c(cc2c1)c1cc2c(cc1p3C1CCCCC1)c1cc3ccccc3cc1p2C1CCCCC1. The van der Waals surface area contributed by atoms with Crippen LogP contribution >= 0.6 is 30.1 Å². The van der Waals surface area contributed by atoms with E-state index >= 15 is 0 Å². The lowest BCUT2D eigenvalue weighted by atomic mass is 10.0. The van der Waals surface area contributed by atoms with Crippen molar-refractivity contribution in [3.8, 4) is 10.6 Å². The van der Waals surface area contributed by atoms with Gasteiger partial charge in [-0.3, -0.25) is 0 Å². The fourth-order valence-corrected chi connectivity index (χ4v) is 28.8. The predicted molar refractivity (Wildman–Crippen MR) is 405 cm³/mol. The molecule has 0 saturated heterocycles. The third kappa shape index (κ3) is 8.63. The second-order valence-corrected chi connectivity index (χ2v) is 35.9. The summed E-state index contributed by atoms with van der Waals surface area (Å²) in [6.07, 6.45) is 14.1. The highest BCUT2D eigenvalue weighted by atomic mass is 31.1. The molecule has 0 aliphatic heterocycles. The summed E-state index contributed by atoms with van der Waals surface area (Å²) < 4.78 is 0. The molecule has 4 atom stereocenters. The normalized spacial score (nSPS) is 15.5. The van der Waals surface area contributed by atoms with Gasteiger partial charge in [0.15, 0.2) is 0 Å². The highest BCUT2D eigenvalue weighted by molar-refractivity contribution is 7.69. The van der Waals surface area contributed by atoms with Crippen molar-refractivity contribution in [3.05, 3.63) is 254 Å². The maximum atomic E-state index is 2.74. The molecule has 2 saturated carbocycles. The zero-order valence-corrected chi connectivity index (χ0v) is 54.7. The van der Waals surface area contributed by atoms with E-state index in [0.29, 0.717) is 0 Å². The summed E-state index contributed by atoms with van der Waals surface area (Å²) >= 11 is 0. The second kappa shape index (κ2) is 21.2. The third-order valence-electron chi connectivity index (χ3n) is 21.2. The van der Waals surface area contributed by atoms with Crippen LogP contribution in [0.1, 0.15) is 86.7 Å². The van der Waals surface area contributed by atoms with E-state index in [-0.39, 0.29) is 15.1 Å². The molecule has 20 rings (SSSR count). The smallest absolute Gasteiger partial charge is 0.00751 e. The molecule has 14 aromatic carbocycles. The number of fused-ring (bicyclic) bond motifs is 18. The van der Waals surface area contributed by atoms with Gasteiger partial charge in [-0.1, -0.05) is 210 Å².